The summed E-state index contributed by atoms with van der Waals surface area (Å²) < 4.78 is 37.1. The summed E-state index contributed by atoms with van der Waals surface area (Å²) in [5.74, 6) is 0.551. The van der Waals surface area contributed by atoms with Crippen LogP contribution in [0.3, 0.4) is 0 Å². The van der Waals surface area contributed by atoms with Crippen LogP contribution >= 0.6 is 0 Å². The highest BCUT2D eigenvalue weighted by Crippen LogP contribution is 2.28. The summed E-state index contributed by atoms with van der Waals surface area (Å²) >= 11 is 0. The third-order valence-electron chi connectivity index (χ3n) is 4.58. The van der Waals surface area contributed by atoms with Gasteiger partial charge in [0.05, 0.1) is 23.2 Å². The van der Waals surface area contributed by atoms with Crippen molar-refractivity contribution in [1.82, 2.24) is 19.4 Å². The van der Waals surface area contributed by atoms with Crippen LogP contribution in [0.15, 0.2) is 46.4 Å². The SMILES string of the molecule is CC(C)Oc1ncnc2ccc(N3CCN(S(=O)(=O)c4cnoc4)CC3)cc12. The summed E-state index contributed by atoms with van der Waals surface area (Å²) in [4.78, 5) is 10.8. The Morgan fingerprint density at radius 2 is 1.93 bits per heavy atom. The van der Waals surface area contributed by atoms with Gasteiger partial charge in [0.25, 0.3) is 0 Å². The predicted molar refractivity (Wildman–Crippen MR) is 103 cm³/mol. The number of aromatic nitrogens is 3. The fraction of sp³-hybridized carbons (Fsp3) is 0.389. The molecule has 1 aliphatic rings. The molecule has 4 rings (SSSR count). The number of sulfonamides is 1. The minimum Gasteiger partial charge on any atom is -0.474 e. The maximum Gasteiger partial charge on any atom is 0.248 e. The van der Waals surface area contributed by atoms with E-state index in [-0.39, 0.29) is 11.0 Å². The molecule has 1 saturated heterocycles. The summed E-state index contributed by atoms with van der Waals surface area (Å²) in [6.07, 6.45) is 3.88. The first-order valence-electron chi connectivity index (χ1n) is 9.01. The zero-order valence-electron chi connectivity index (χ0n) is 15.6. The number of rotatable bonds is 5. The molecule has 0 saturated carbocycles. The molecule has 3 heterocycles. The normalized spacial score (nSPS) is 16.0. The highest BCUT2D eigenvalue weighted by atomic mass is 32.2. The third-order valence-corrected chi connectivity index (χ3v) is 6.42. The van der Waals surface area contributed by atoms with Crippen LogP contribution in [-0.2, 0) is 10.0 Å². The van der Waals surface area contributed by atoms with E-state index < -0.39 is 10.0 Å². The standard InChI is InChI=1S/C18H21N5O4S/c1-13(2)27-18-16-9-14(3-4-17(16)19-12-20-18)22-5-7-23(8-6-22)28(24,25)15-10-21-26-11-15/h3-4,9-13H,5-8H2,1-2H3. The third kappa shape index (κ3) is 3.52. The number of ether oxygens (including phenoxy) is 1. The van der Waals surface area contributed by atoms with Gasteiger partial charge in [0.2, 0.25) is 15.9 Å². The number of anilines is 1. The van der Waals surface area contributed by atoms with E-state index in [4.69, 9.17) is 4.74 Å². The van der Waals surface area contributed by atoms with Gasteiger partial charge in [-0.2, -0.15) is 4.31 Å². The highest BCUT2D eigenvalue weighted by molar-refractivity contribution is 7.89. The second kappa shape index (κ2) is 7.36. The lowest BCUT2D eigenvalue weighted by Crippen LogP contribution is -2.48. The Bertz CT molecular complexity index is 1060. The lowest BCUT2D eigenvalue weighted by Gasteiger charge is -2.35. The Morgan fingerprint density at radius 1 is 1.14 bits per heavy atom. The van der Waals surface area contributed by atoms with E-state index in [1.807, 2.05) is 32.0 Å². The maximum atomic E-state index is 12.6. The second-order valence-electron chi connectivity index (χ2n) is 6.80. The fourth-order valence-electron chi connectivity index (χ4n) is 3.19. The fourth-order valence-corrected chi connectivity index (χ4v) is 4.48. The van der Waals surface area contributed by atoms with E-state index >= 15 is 0 Å². The number of hydrogen-bond acceptors (Lipinski definition) is 8. The van der Waals surface area contributed by atoms with E-state index in [9.17, 15) is 8.42 Å². The van der Waals surface area contributed by atoms with Crippen molar-refractivity contribution in [2.45, 2.75) is 24.8 Å². The van der Waals surface area contributed by atoms with Crippen LogP contribution in [0.2, 0.25) is 0 Å². The quantitative estimate of drug-likeness (QED) is 0.637. The van der Waals surface area contributed by atoms with Crippen molar-refractivity contribution >= 4 is 26.6 Å². The van der Waals surface area contributed by atoms with E-state index in [0.717, 1.165) is 22.9 Å². The van der Waals surface area contributed by atoms with Gasteiger partial charge in [-0.25, -0.2) is 18.4 Å². The molecule has 0 bridgehead atoms. The van der Waals surface area contributed by atoms with Gasteiger partial charge in [-0.1, -0.05) is 5.16 Å². The average Bonchev–Trinajstić information content (AvgIpc) is 3.23. The smallest absolute Gasteiger partial charge is 0.248 e. The molecule has 28 heavy (non-hydrogen) atoms. The summed E-state index contributed by atoms with van der Waals surface area (Å²) in [6.45, 7) is 5.81. The molecule has 0 aliphatic carbocycles. The van der Waals surface area contributed by atoms with Crippen LogP contribution in [-0.4, -0.2) is 60.1 Å². The van der Waals surface area contributed by atoms with Crippen LogP contribution in [0, 0.1) is 0 Å². The minimum absolute atomic E-state index is 0.00733. The largest absolute Gasteiger partial charge is 0.474 e. The predicted octanol–water partition coefficient (Wildman–Crippen LogP) is 1.92. The Kier molecular flexibility index (Phi) is 4.90. The van der Waals surface area contributed by atoms with Gasteiger partial charge < -0.3 is 14.2 Å². The van der Waals surface area contributed by atoms with Crippen LogP contribution in [0.4, 0.5) is 5.69 Å². The first kappa shape index (κ1) is 18.6. The van der Waals surface area contributed by atoms with Crippen molar-refractivity contribution in [1.29, 1.82) is 0 Å². The molecule has 0 N–H and O–H groups in total. The topological polar surface area (TPSA) is 102 Å². The molecular formula is C18H21N5O4S. The van der Waals surface area contributed by atoms with Crippen molar-refractivity contribution in [2.24, 2.45) is 0 Å². The molecule has 148 valence electrons. The van der Waals surface area contributed by atoms with Crippen molar-refractivity contribution in [3.05, 3.63) is 37.0 Å². The van der Waals surface area contributed by atoms with Gasteiger partial charge in [-0.15, -0.1) is 0 Å². The van der Waals surface area contributed by atoms with Crippen LogP contribution in [0.5, 0.6) is 5.88 Å². The minimum atomic E-state index is -3.57. The van der Waals surface area contributed by atoms with Crippen molar-refractivity contribution in [3.63, 3.8) is 0 Å². The number of hydrogen-bond donors (Lipinski definition) is 0. The Morgan fingerprint density at radius 3 is 2.61 bits per heavy atom. The van der Waals surface area contributed by atoms with E-state index in [1.165, 1.54) is 16.8 Å². The molecule has 9 nitrogen and oxygen atoms in total. The van der Waals surface area contributed by atoms with E-state index in [1.54, 1.807) is 0 Å². The molecule has 3 aromatic rings. The van der Waals surface area contributed by atoms with Gasteiger partial charge in [0.1, 0.15) is 17.5 Å². The molecule has 2 aromatic heterocycles. The van der Waals surface area contributed by atoms with E-state index in [0.29, 0.717) is 32.1 Å². The zero-order valence-corrected chi connectivity index (χ0v) is 16.5. The van der Waals surface area contributed by atoms with Gasteiger partial charge in [0, 0.05) is 31.9 Å². The molecule has 1 aliphatic heterocycles. The Labute approximate surface area is 163 Å². The molecule has 0 spiro atoms. The van der Waals surface area contributed by atoms with E-state index in [2.05, 4.69) is 24.5 Å². The number of nitrogens with zero attached hydrogens (tertiary/aromatic N) is 5. The van der Waals surface area contributed by atoms with Crippen molar-refractivity contribution < 1.29 is 17.7 Å². The number of benzene rings is 1. The van der Waals surface area contributed by atoms with Gasteiger partial charge in [-0.3, -0.25) is 0 Å². The molecule has 10 heteroatoms. The summed E-state index contributed by atoms with van der Waals surface area (Å²) in [7, 11) is -3.57. The summed E-state index contributed by atoms with van der Waals surface area (Å²) in [5, 5.41) is 4.33. The number of piperazine rings is 1. The molecule has 1 aromatic carbocycles. The lowest BCUT2D eigenvalue weighted by molar-refractivity contribution is 0.235. The zero-order chi connectivity index (χ0) is 19.7. The van der Waals surface area contributed by atoms with Crippen LogP contribution in [0.1, 0.15) is 13.8 Å². The maximum absolute atomic E-state index is 12.6. The molecular weight excluding hydrogens is 382 g/mol. The average molecular weight is 403 g/mol. The van der Waals surface area contributed by atoms with Gasteiger partial charge in [-0.05, 0) is 32.0 Å². The monoisotopic (exact) mass is 403 g/mol. The molecule has 0 unspecified atom stereocenters. The highest BCUT2D eigenvalue weighted by Gasteiger charge is 2.30. The molecule has 0 radical (unpaired) electrons. The van der Waals surface area contributed by atoms with Gasteiger partial charge >= 0.3 is 0 Å². The molecule has 0 atom stereocenters. The van der Waals surface area contributed by atoms with Crippen LogP contribution < -0.4 is 9.64 Å². The van der Waals surface area contributed by atoms with Crippen LogP contribution in [0.25, 0.3) is 10.9 Å². The Balaban J connectivity index is 1.54. The van der Waals surface area contributed by atoms with Crippen molar-refractivity contribution in [2.75, 3.05) is 31.1 Å². The van der Waals surface area contributed by atoms with Gasteiger partial charge in [0.15, 0.2) is 0 Å². The molecule has 0 amide bonds. The first-order chi connectivity index (χ1) is 13.4. The second-order valence-corrected chi connectivity index (χ2v) is 8.74. The lowest BCUT2D eigenvalue weighted by atomic mass is 10.2. The summed E-state index contributed by atoms with van der Waals surface area (Å²) in [6, 6.07) is 5.91. The first-order valence-corrected chi connectivity index (χ1v) is 10.4. The summed E-state index contributed by atoms with van der Waals surface area (Å²) in [5.41, 5.74) is 1.79. The number of fused-ring (bicyclic) bond motifs is 1. The van der Waals surface area contributed by atoms with Crippen molar-refractivity contribution in [3.8, 4) is 5.88 Å². The Hall–Kier alpha value is -2.72. The molecule has 1 fully saturated rings.